The Hall–Kier alpha value is -1.89. The third kappa shape index (κ3) is 6.06. The zero-order chi connectivity index (χ0) is 19.8. The lowest BCUT2D eigenvalue weighted by atomic mass is 10.1. The van der Waals surface area contributed by atoms with Crippen molar-refractivity contribution >= 4 is 23.4 Å². The molecule has 2 aromatic rings. The number of aryl methyl sites for hydroxylation is 1. The van der Waals surface area contributed by atoms with E-state index in [1.165, 1.54) is 16.5 Å². The fraction of sp³-hybridized carbons (Fsp3) is 0.409. The first-order valence-electron chi connectivity index (χ1n) is 10.1. The number of quaternary nitrogens is 2. The second kappa shape index (κ2) is 10.6. The molecule has 0 radical (unpaired) electrons. The molecule has 1 heterocycles. The van der Waals surface area contributed by atoms with Gasteiger partial charge in [-0.05, 0) is 30.2 Å². The molecule has 3 N–H and O–H groups in total. The molecule has 0 aliphatic carbocycles. The average molecular weight is 404 g/mol. The van der Waals surface area contributed by atoms with Crippen LogP contribution in [0.4, 0.5) is 10.1 Å². The molecule has 6 heteroatoms. The number of piperazine rings is 1. The van der Waals surface area contributed by atoms with Gasteiger partial charge in [0.15, 0.2) is 6.54 Å². The number of para-hydroxylation sites is 1. The Bertz CT molecular complexity index is 778. The van der Waals surface area contributed by atoms with Crippen molar-refractivity contribution in [1.29, 1.82) is 0 Å². The van der Waals surface area contributed by atoms with Gasteiger partial charge in [-0.15, -0.1) is 11.8 Å². The Labute approximate surface area is 171 Å². The van der Waals surface area contributed by atoms with Crippen LogP contribution in [0.15, 0.2) is 53.4 Å². The van der Waals surface area contributed by atoms with E-state index in [9.17, 15) is 9.18 Å². The van der Waals surface area contributed by atoms with Crippen LogP contribution in [0.25, 0.3) is 0 Å². The predicted octanol–water partition coefficient (Wildman–Crippen LogP) is 0.902. The molecule has 0 spiro atoms. The molecule has 1 aliphatic heterocycles. The summed E-state index contributed by atoms with van der Waals surface area (Å²) in [6.45, 7) is 7.78. The number of amides is 1. The van der Waals surface area contributed by atoms with Crippen LogP contribution in [0.3, 0.4) is 0 Å². The van der Waals surface area contributed by atoms with Crippen LogP contribution in [0.5, 0.6) is 0 Å². The molecule has 3 rings (SSSR count). The van der Waals surface area contributed by atoms with Crippen LogP contribution in [0.2, 0.25) is 0 Å². The Morgan fingerprint density at radius 2 is 1.71 bits per heavy atom. The molecule has 1 amide bonds. The van der Waals surface area contributed by atoms with Crippen molar-refractivity contribution in [2.45, 2.75) is 18.2 Å². The Morgan fingerprint density at radius 1 is 1.04 bits per heavy atom. The minimum atomic E-state index is -0.132. The standard InChI is InChI=1S/C22H28FN3OS/c1-2-18-7-3-5-9-20(18)24-22(27)17-26-13-11-25(12-14-26)15-16-28-21-10-6-4-8-19(21)23/h3-10H,2,11-17H2,1H3,(H,24,27)/p+2. The third-order valence-corrected chi connectivity index (χ3v) is 6.35. The second-order valence-corrected chi connectivity index (χ2v) is 8.40. The van der Waals surface area contributed by atoms with Crippen LogP contribution in [0, 0.1) is 5.82 Å². The zero-order valence-electron chi connectivity index (χ0n) is 16.5. The van der Waals surface area contributed by atoms with Crippen LogP contribution in [-0.2, 0) is 11.2 Å². The summed E-state index contributed by atoms with van der Waals surface area (Å²) in [5.74, 6) is 0.877. The molecule has 28 heavy (non-hydrogen) atoms. The molecule has 2 aromatic carbocycles. The Morgan fingerprint density at radius 3 is 2.46 bits per heavy atom. The topological polar surface area (TPSA) is 38.0 Å². The van der Waals surface area contributed by atoms with E-state index >= 15 is 0 Å². The van der Waals surface area contributed by atoms with Gasteiger partial charge in [-0.2, -0.15) is 0 Å². The first-order valence-corrected chi connectivity index (χ1v) is 11.1. The molecule has 1 fully saturated rings. The summed E-state index contributed by atoms with van der Waals surface area (Å²) in [6, 6.07) is 15.0. The predicted molar refractivity (Wildman–Crippen MR) is 113 cm³/mol. The lowest BCUT2D eigenvalue weighted by molar-refractivity contribution is -1.01. The molecular weight excluding hydrogens is 373 g/mol. The van der Waals surface area contributed by atoms with E-state index in [4.69, 9.17) is 0 Å². The number of hydrogen-bond acceptors (Lipinski definition) is 2. The number of hydrogen-bond donors (Lipinski definition) is 3. The van der Waals surface area contributed by atoms with Crippen molar-refractivity contribution in [3.05, 3.63) is 59.9 Å². The van der Waals surface area contributed by atoms with Gasteiger partial charge in [0.05, 0.1) is 6.54 Å². The van der Waals surface area contributed by atoms with Crippen LogP contribution in [-0.4, -0.2) is 50.9 Å². The van der Waals surface area contributed by atoms with E-state index in [1.54, 1.807) is 22.7 Å². The zero-order valence-corrected chi connectivity index (χ0v) is 17.3. The van der Waals surface area contributed by atoms with Crippen molar-refractivity contribution in [3.8, 4) is 0 Å². The lowest BCUT2D eigenvalue weighted by Gasteiger charge is -2.29. The Kier molecular flexibility index (Phi) is 7.89. The number of thioether (sulfide) groups is 1. The molecule has 0 saturated carbocycles. The van der Waals surface area contributed by atoms with Gasteiger partial charge in [-0.1, -0.05) is 37.3 Å². The summed E-state index contributed by atoms with van der Waals surface area (Å²) >= 11 is 1.59. The maximum absolute atomic E-state index is 13.7. The van der Waals surface area contributed by atoms with Crippen molar-refractivity contribution in [2.75, 3.05) is 50.3 Å². The van der Waals surface area contributed by atoms with E-state index in [2.05, 4.69) is 18.3 Å². The minimum Gasteiger partial charge on any atom is -0.325 e. The first kappa shape index (κ1) is 20.8. The van der Waals surface area contributed by atoms with Crippen molar-refractivity contribution in [1.82, 2.24) is 0 Å². The number of halogens is 1. The van der Waals surface area contributed by atoms with Gasteiger partial charge >= 0.3 is 0 Å². The van der Waals surface area contributed by atoms with Crippen LogP contribution in [0.1, 0.15) is 12.5 Å². The van der Waals surface area contributed by atoms with Gasteiger partial charge in [0.1, 0.15) is 32.0 Å². The number of carbonyl (C=O) groups is 1. The molecule has 0 aromatic heterocycles. The number of nitrogens with one attached hydrogen (secondary N) is 3. The highest BCUT2D eigenvalue weighted by molar-refractivity contribution is 7.99. The van der Waals surface area contributed by atoms with Gasteiger partial charge < -0.3 is 15.1 Å². The Balaban J connectivity index is 1.37. The second-order valence-electron chi connectivity index (χ2n) is 7.26. The maximum Gasteiger partial charge on any atom is 0.279 e. The molecular formula is C22H30FN3OS+2. The van der Waals surface area contributed by atoms with E-state index in [1.807, 2.05) is 30.3 Å². The molecule has 0 atom stereocenters. The summed E-state index contributed by atoms with van der Waals surface area (Å²) in [6.07, 6.45) is 0.913. The number of carbonyl (C=O) groups excluding carboxylic acids is 1. The molecule has 4 nitrogen and oxygen atoms in total. The monoisotopic (exact) mass is 403 g/mol. The summed E-state index contributed by atoms with van der Waals surface area (Å²) in [5, 5.41) is 3.07. The average Bonchev–Trinajstić information content (AvgIpc) is 2.71. The highest BCUT2D eigenvalue weighted by Gasteiger charge is 2.24. The summed E-state index contributed by atoms with van der Waals surface area (Å²) in [7, 11) is 0. The van der Waals surface area contributed by atoms with Gasteiger partial charge in [-0.25, -0.2) is 4.39 Å². The van der Waals surface area contributed by atoms with Gasteiger partial charge in [0, 0.05) is 16.3 Å². The normalized spacial score (nSPS) is 19.4. The third-order valence-electron chi connectivity index (χ3n) is 5.30. The first-order chi connectivity index (χ1) is 13.7. The molecule has 0 unspecified atom stereocenters. The largest absolute Gasteiger partial charge is 0.325 e. The number of anilines is 1. The van der Waals surface area contributed by atoms with Gasteiger partial charge in [0.25, 0.3) is 5.91 Å². The summed E-state index contributed by atoms with van der Waals surface area (Å²) < 4.78 is 13.7. The van der Waals surface area contributed by atoms with Crippen molar-refractivity contribution in [3.63, 3.8) is 0 Å². The molecule has 1 saturated heterocycles. The van der Waals surface area contributed by atoms with Gasteiger partial charge in [-0.3, -0.25) is 4.79 Å². The lowest BCUT2D eigenvalue weighted by Crippen LogP contribution is -3.28. The van der Waals surface area contributed by atoms with Gasteiger partial charge in [0.2, 0.25) is 0 Å². The number of rotatable bonds is 8. The highest BCUT2D eigenvalue weighted by Crippen LogP contribution is 2.20. The van der Waals surface area contributed by atoms with Crippen LogP contribution < -0.4 is 15.1 Å². The molecule has 0 bridgehead atoms. The summed E-state index contributed by atoms with van der Waals surface area (Å²) in [5.41, 5.74) is 2.11. The highest BCUT2D eigenvalue weighted by atomic mass is 32.2. The van der Waals surface area contributed by atoms with Crippen molar-refractivity contribution < 1.29 is 19.0 Å². The quantitative estimate of drug-likeness (QED) is 0.573. The van der Waals surface area contributed by atoms with Crippen LogP contribution >= 0.6 is 11.8 Å². The number of benzene rings is 2. The van der Waals surface area contributed by atoms with E-state index in [0.717, 1.165) is 55.5 Å². The van der Waals surface area contributed by atoms with Crippen molar-refractivity contribution in [2.24, 2.45) is 0 Å². The maximum atomic E-state index is 13.7. The molecule has 1 aliphatic rings. The molecule has 150 valence electrons. The van der Waals surface area contributed by atoms with E-state index in [0.29, 0.717) is 6.54 Å². The van der Waals surface area contributed by atoms with E-state index < -0.39 is 0 Å². The SMILES string of the molecule is CCc1ccccc1NC(=O)C[NH+]1CC[NH+](CCSc2ccccc2F)CC1. The minimum absolute atomic E-state index is 0.0921. The fourth-order valence-electron chi connectivity index (χ4n) is 3.62. The van der Waals surface area contributed by atoms with E-state index in [-0.39, 0.29) is 11.7 Å². The smallest absolute Gasteiger partial charge is 0.279 e. The fourth-order valence-corrected chi connectivity index (χ4v) is 4.61. The summed E-state index contributed by atoms with van der Waals surface area (Å²) in [4.78, 5) is 16.0.